The molecule has 0 atom stereocenters. The van der Waals surface area contributed by atoms with Gasteiger partial charge >= 0.3 is 0 Å². The van der Waals surface area contributed by atoms with Gasteiger partial charge in [-0.1, -0.05) is 29.8 Å². The average Bonchev–Trinajstić information content (AvgIpc) is 2.77. The Morgan fingerprint density at radius 2 is 1.62 bits per heavy atom. The molecule has 2 aromatic rings. The molecule has 0 unspecified atom stereocenters. The van der Waals surface area contributed by atoms with E-state index in [2.05, 4.69) is 75.1 Å². The van der Waals surface area contributed by atoms with E-state index in [4.69, 9.17) is 16.6 Å². The van der Waals surface area contributed by atoms with Gasteiger partial charge in [0.25, 0.3) is 0 Å². The second kappa shape index (κ2) is 7.98. The van der Waals surface area contributed by atoms with Crippen molar-refractivity contribution >= 4 is 34.8 Å². The average molecular weight is 473 g/mol. The van der Waals surface area contributed by atoms with Gasteiger partial charge in [-0.05, 0) is 125 Å². The normalized spacial score (nSPS) is 31.1. The third-order valence-electron chi connectivity index (χ3n) is 9.28. The molecule has 0 spiro atoms. The van der Waals surface area contributed by atoms with Gasteiger partial charge < -0.3 is 4.90 Å². The molecule has 1 aliphatic heterocycles. The topological polar surface area (TPSA) is 15.6 Å². The van der Waals surface area contributed by atoms with Crippen LogP contribution in [0.3, 0.4) is 0 Å². The second-order valence-electron chi connectivity index (χ2n) is 12.1. The molecule has 2 aromatic carbocycles. The fourth-order valence-corrected chi connectivity index (χ4v) is 8.51. The smallest absolute Gasteiger partial charge is 0.0630 e. The standard InChI is InChI=1S/C31H37ClN2/c1-5-34-29-14-28(32)24(13-27(29)20(2)15-30(34,3)4)19-33-26-8-6-25(7-9-26)31-16-21-10-22(17-31)12-23(11-21)18-31/h6-9,13-15,19,21-23H,5,10-12,16-18H2,1-4H3. The van der Waals surface area contributed by atoms with Crippen molar-refractivity contribution in [1.29, 1.82) is 0 Å². The molecule has 4 bridgehead atoms. The van der Waals surface area contributed by atoms with Gasteiger partial charge in [0.15, 0.2) is 0 Å². The monoisotopic (exact) mass is 472 g/mol. The van der Waals surface area contributed by atoms with Gasteiger partial charge in [0, 0.05) is 29.6 Å². The van der Waals surface area contributed by atoms with Crippen LogP contribution in [-0.4, -0.2) is 18.3 Å². The number of halogens is 1. The van der Waals surface area contributed by atoms with Crippen LogP contribution in [0.4, 0.5) is 11.4 Å². The summed E-state index contributed by atoms with van der Waals surface area (Å²) in [6.45, 7) is 9.88. The predicted molar refractivity (Wildman–Crippen MR) is 146 cm³/mol. The Balaban J connectivity index is 1.25. The molecule has 5 aliphatic rings. The number of aliphatic imine (C=N–C) groups is 1. The van der Waals surface area contributed by atoms with Crippen LogP contribution in [0.15, 0.2) is 47.5 Å². The summed E-state index contributed by atoms with van der Waals surface area (Å²) in [5, 5.41) is 0.761. The summed E-state index contributed by atoms with van der Waals surface area (Å²) in [4.78, 5) is 7.25. The zero-order valence-electron chi connectivity index (χ0n) is 21.1. The lowest BCUT2D eigenvalue weighted by atomic mass is 9.48. The highest BCUT2D eigenvalue weighted by molar-refractivity contribution is 6.33. The van der Waals surface area contributed by atoms with Crippen molar-refractivity contribution in [3.05, 3.63) is 64.2 Å². The molecule has 0 amide bonds. The van der Waals surface area contributed by atoms with Crippen molar-refractivity contribution in [2.75, 3.05) is 11.4 Å². The largest absolute Gasteiger partial charge is 0.363 e. The fourth-order valence-electron chi connectivity index (χ4n) is 8.30. The van der Waals surface area contributed by atoms with Gasteiger partial charge in [0.2, 0.25) is 0 Å². The summed E-state index contributed by atoms with van der Waals surface area (Å²) in [5.74, 6) is 2.92. The van der Waals surface area contributed by atoms with Crippen LogP contribution in [-0.2, 0) is 5.41 Å². The van der Waals surface area contributed by atoms with E-state index in [1.807, 2.05) is 6.21 Å². The third kappa shape index (κ3) is 3.65. The predicted octanol–water partition coefficient (Wildman–Crippen LogP) is 8.58. The van der Waals surface area contributed by atoms with E-state index in [0.29, 0.717) is 5.41 Å². The van der Waals surface area contributed by atoms with Gasteiger partial charge in [0.1, 0.15) is 0 Å². The number of hydrogen-bond acceptors (Lipinski definition) is 2. The number of allylic oxidation sites excluding steroid dienone is 1. The number of benzene rings is 2. The van der Waals surface area contributed by atoms with E-state index in [-0.39, 0.29) is 5.54 Å². The summed E-state index contributed by atoms with van der Waals surface area (Å²) in [5.41, 5.74) is 7.75. The summed E-state index contributed by atoms with van der Waals surface area (Å²) >= 11 is 6.75. The van der Waals surface area contributed by atoms with Crippen LogP contribution in [0.5, 0.6) is 0 Å². The first kappa shape index (κ1) is 22.4. The van der Waals surface area contributed by atoms with Crippen molar-refractivity contribution in [1.82, 2.24) is 0 Å². The molecular formula is C31H37ClN2. The van der Waals surface area contributed by atoms with Crippen molar-refractivity contribution in [2.45, 2.75) is 77.2 Å². The van der Waals surface area contributed by atoms with Crippen LogP contribution < -0.4 is 4.90 Å². The minimum Gasteiger partial charge on any atom is -0.363 e. The zero-order chi connectivity index (χ0) is 23.7. The molecule has 34 heavy (non-hydrogen) atoms. The van der Waals surface area contributed by atoms with Crippen LogP contribution in [0, 0.1) is 17.8 Å². The van der Waals surface area contributed by atoms with E-state index in [1.165, 1.54) is 55.3 Å². The molecule has 1 heterocycles. The van der Waals surface area contributed by atoms with E-state index in [0.717, 1.165) is 40.6 Å². The van der Waals surface area contributed by atoms with E-state index in [9.17, 15) is 0 Å². The molecule has 4 saturated carbocycles. The first-order valence-corrected chi connectivity index (χ1v) is 13.6. The first-order valence-electron chi connectivity index (χ1n) is 13.2. The molecule has 7 rings (SSSR count). The molecule has 2 nitrogen and oxygen atoms in total. The van der Waals surface area contributed by atoms with Gasteiger partial charge in [-0.3, -0.25) is 4.99 Å². The van der Waals surface area contributed by atoms with E-state index in [1.54, 1.807) is 5.56 Å². The van der Waals surface area contributed by atoms with Crippen molar-refractivity contribution in [2.24, 2.45) is 22.7 Å². The fraction of sp³-hybridized carbons (Fsp3) is 0.516. The van der Waals surface area contributed by atoms with Gasteiger partial charge in [-0.25, -0.2) is 0 Å². The van der Waals surface area contributed by atoms with Crippen LogP contribution >= 0.6 is 11.6 Å². The number of hydrogen-bond donors (Lipinski definition) is 0. The number of anilines is 1. The van der Waals surface area contributed by atoms with Crippen molar-refractivity contribution in [3.63, 3.8) is 0 Å². The highest BCUT2D eigenvalue weighted by Gasteiger charge is 2.51. The Kier molecular flexibility index (Phi) is 5.26. The summed E-state index contributed by atoms with van der Waals surface area (Å²) < 4.78 is 0. The Labute approximate surface area is 210 Å². The highest BCUT2D eigenvalue weighted by Crippen LogP contribution is 2.60. The Hall–Kier alpha value is -2.06. The minimum absolute atomic E-state index is 0.0107. The maximum absolute atomic E-state index is 6.75. The molecule has 4 aliphatic carbocycles. The quantitative estimate of drug-likeness (QED) is 0.407. The van der Waals surface area contributed by atoms with E-state index >= 15 is 0 Å². The summed E-state index contributed by atoms with van der Waals surface area (Å²) in [7, 11) is 0. The van der Waals surface area contributed by atoms with Crippen LogP contribution in [0.25, 0.3) is 5.57 Å². The molecule has 0 aromatic heterocycles. The van der Waals surface area contributed by atoms with Crippen LogP contribution in [0.2, 0.25) is 5.02 Å². The number of rotatable bonds is 4. The number of likely N-dealkylation sites (N-methyl/N-ethyl adjacent to an activating group) is 1. The van der Waals surface area contributed by atoms with Crippen LogP contribution in [0.1, 0.15) is 82.9 Å². The number of fused-ring (bicyclic) bond motifs is 1. The highest BCUT2D eigenvalue weighted by atomic mass is 35.5. The molecular weight excluding hydrogens is 436 g/mol. The van der Waals surface area contributed by atoms with Crippen molar-refractivity contribution < 1.29 is 0 Å². The molecule has 178 valence electrons. The Bertz CT molecular complexity index is 1140. The second-order valence-corrected chi connectivity index (χ2v) is 12.5. The summed E-state index contributed by atoms with van der Waals surface area (Å²) in [6.07, 6.45) is 13.0. The van der Waals surface area contributed by atoms with Gasteiger partial charge in [-0.15, -0.1) is 0 Å². The molecule has 0 radical (unpaired) electrons. The first-order chi connectivity index (χ1) is 16.3. The molecule has 0 N–H and O–H groups in total. The zero-order valence-corrected chi connectivity index (χ0v) is 21.8. The lowest BCUT2D eigenvalue weighted by molar-refractivity contribution is -0.00518. The van der Waals surface area contributed by atoms with Gasteiger partial charge in [0.05, 0.1) is 16.2 Å². The maximum Gasteiger partial charge on any atom is 0.0630 e. The summed E-state index contributed by atoms with van der Waals surface area (Å²) in [6, 6.07) is 13.5. The lowest BCUT2D eigenvalue weighted by Gasteiger charge is -2.57. The third-order valence-corrected chi connectivity index (χ3v) is 9.61. The minimum atomic E-state index is -0.0107. The Morgan fingerprint density at radius 1 is 1.00 bits per heavy atom. The molecule has 4 fully saturated rings. The maximum atomic E-state index is 6.75. The molecule has 3 heteroatoms. The lowest BCUT2D eigenvalue weighted by Crippen LogP contribution is -2.48. The van der Waals surface area contributed by atoms with Gasteiger partial charge in [-0.2, -0.15) is 0 Å². The number of nitrogens with zero attached hydrogens (tertiary/aromatic N) is 2. The molecule has 0 saturated heterocycles. The Morgan fingerprint density at radius 3 is 2.21 bits per heavy atom. The van der Waals surface area contributed by atoms with Crippen molar-refractivity contribution in [3.8, 4) is 0 Å². The SMILES string of the molecule is CCN1c2cc(Cl)c(C=Nc3ccc(C45CC6CC(CC(C6)C4)C5)cc3)cc2C(C)=CC1(C)C. The van der Waals surface area contributed by atoms with E-state index < -0.39 is 0 Å².